The summed E-state index contributed by atoms with van der Waals surface area (Å²) in [7, 11) is 2.08. The summed E-state index contributed by atoms with van der Waals surface area (Å²) >= 11 is 0. The summed E-state index contributed by atoms with van der Waals surface area (Å²) in [6.45, 7) is 7.37. The van der Waals surface area contributed by atoms with Gasteiger partial charge in [-0.3, -0.25) is 14.1 Å². The molecule has 0 bridgehead atoms. The smallest absolute Gasteiger partial charge is 0.197 e. The maximum atomic E-state index is 12.8. The number of carbonyl (C=O) groups excluding carboxylic acids is 2. The van der Waals surface area contributed by atoms with Gasteiger partial charge in [0.15, 0.2) is 11.6 Å². The summed E-state index contributed by atoms with van der Waals surface area (Å²) in [5.41, 5.74) is 1.85. The van der Waals surface area contributed by atoms with Crippen LogP contribution in [0, 0.1) is 0 Å². The van der Waals surface area contributed by atoms with E-state index in [2.05, 4.69) is 20.9 Å². The molecule has 4 nitrogen and oxygen atoms in total. The van der Waals surface area contributed by atoms with E-state index in [1.54, 1.807) is 36.4 Å². The zero-order chi connectivity index (χ0) is 17.9. The number of phenols is 1. The Bertz CT molecular complexity index is 776. The van der Waals surface area contributed by atoms with E-state index < -0.39 is 0 Å². The predicted molar refractivity (Wildman–Crippen MR) is 96.8 cm³/mol. The minimum atomic E-state index is -0.341. The van der Waals surface area contributed by atoms with Crippen molar-refractivity contribution in [3.63, 3.8) is 0 Å². The molecule has 0 aliphatic carbocycles. The lowest BCUT2D eigenvalue weighted by molar-refractivity contribution is 0.0989. The van der Waals surface area contributed by atoms with Crippen LogP contribution in [-0.2, 0) is 0 Å². The Labute approximate surface area is 142 Å². The molecule has 126 valence electrons. The van der Waals surface area contributed by atoms with Crippen molar-refractivity contribution in [2.45, 2.75) is 20.8 Å². The van der Waals surface area contributed by atoms with Gasteiger partial charge >= 0.3 is 0 Å². The van der Waals surface area contributed by atoms with E-state index in [1.165, 1.54) is 6.92 Å². The molecular formula is C20H24NO3+. The number of hydrogen-bond donors (Lipinski definition) is 1. The molecule has 1 N–H and O–H groups in total. The molecule has 0 saturated carbocycles. The highest BCUT2D eigenvalue weighted by Gasteiger charge is 2.24. The van der Waals surface area contributed by atoms with E-state index in [4.69, 9.17) is 0 Å². The van der Waals surface area contributed by atoms with Gasteiger partial charge in [0.25, 0.3) is 0 Å². The summed E-state index contributed by atoms with van der Waals surface area (Å²) in [6, 6.07) is 11.8. The summed E-state index contributed by atoms with van der Waals surface area (Å²) in [4.78, 5) is 24.5. The molecule has 0 spiro atoms. The zero-order valence-corrected chi connectivity index (χ0v) is 14.7. The van der Waals surface area contributed by atoms with Crippen molar-refractivity contribution in [3.8, 4) is 5.75 Å². The van der Waals surface area contributed by atoms with Crippen LogP contribution in [0.5, 0.6) is 5.75 Å². The van der Waals surface area contributed by atoms with Crippen LogP contribution in [0.2, 0.25) is 0 Å². The number of quaternary nitrogens is 1. The van der Waals surface area contributed by atoms with Crippen molar-refractivity contribution in [1.82, 2.24) is 4.48 Å². The van der Waals surface area contributed by atoms with Gasteiger partial charge in [-0.05, 0) is 26.8 Å². The Morgan fingerprint density at radius 3 is 2.04 bits per heavy atom. The van der Waals surface area contributed by atoms with E-state index in [1.807, 2.05) is 6.07 Å². The average molecular weight is 326 g/mol. The lowest BCUT2D eigenvalue weighted by atomic mass is 9.95. The number of benzene rings is 2. The number of ketones is 2. The second kappa shape index (κ2) is 6.97. The molecule has 0 radical (unpaired) electrons. The van der Waals surface area contributed by atoms with Crippen LogP contribution in [0.25, 0.3) is 0 Å². The quantitative estimate of drug-likeness (QED) is 0.649. The van der Waals surface area contributed by atoms with Crippen molar-refractivity contribution in [1.29, 1.82) is 0 Å². The third kappa shape index (κ3) is 3.24. The third-order valence-electron chi connectivity index (χ3n) is 4.80. The molecule has 0 amide bonds. The van der Waals surface area contributed by atoms with Crippen LogP contribution in [0.3, 0.4) is 0 Å². The van der Waals surface area contributed by atoms with Crippen LogP contribution in [0.15, 0.2) is 42.5 Å². The van der Waals surface area contributed by atoms with Crippen molar-refractivity contribution < 1.29 is 14.7 Å². The van der Waals surface area contributed by atoms with Crippen molar-refractivity contribution in [2.75, 3.05) is 20.1 Å². The maximum Gasteiger partial charge on any atom is 0.197 e. The van der Waals surface area contributed by atoms with Crippen molar-refractivity contribution in [2.24, 2.45) is 0 Å². The maximum absolute atomic E-state index is 12.8. The molecule has 0 aliphatic heterocycles. The molecule has 2 aromatic rings. The SMILES string of the molecule is CC[N+](C)(CC)c1ccc(C(=O)c2ccccc2C(C)=O)c(O)c1. The van der Waals surface area contributed by atoms with Gasteiger partial charge in [0.2, 0.25) is 0 Å². The lowest BCUT2D eigenvalue weighted by Crippen LogP contribution is -2.44. The Balaban J connectivity index is 2.48. The highest BCUT2D eigenvalue weighted by molar-refractivity contribution is 6.16. The lowest BCUT2D eigenvalue weighted by Gasteiger charge is -2.31. The molecule has 2 rings (SSSR count). The number of carbonyl (C=O) groups is 2. The second-order valence-electron chi connectivity index (χ2n) is 6.16. The first-order valence-electron chi connectivity index (χ1n) is 8.16. The largest absolute Gasteiger partial charge is 0.507 e. The molecule has 0 saturated heterocycles. The number of phenolic OH excluding ortho intramolecular Hbond substituents is 1. The minimum absolute atomic E-state index is 0.0536. The van der Waals surface area contributed by atoms with Gasteiger partial charge in [0.1, 0.15) is 11.4 Å². The average Bonchev–Trinajstić information content (AvgIpc) is 2.60. The number of nitrogens with zero attached hydrogens (tertiary/aromatic N) is 1. The fourth-order valence-electron chi connectivity index (χ4n) is 2.77. The zero-order valence-electron chi connectivity index (χ0n) is 14.7. The highest BCUT2D eigenvalue weighted by Crippen LogP contribution is 2.30. The van der Waals surface area contributed by atoms with Crippen LogP contribution < -0.4 is 4.48 Å². The van der Waals surface area contributed by atoms with Crippen molar-refractivity contribution in [3.05, 3.63) is 59.2 Å². The number of rotatable bonds is 6. The first-order valence-corrected chi connectivity index (χ1v) is 8.16. The summed E-state index contributed by atoms with van der Waals surface area (Å²) < 4.78 is 0.673. The van der Waals surface area contributed by atoms with Crippen LogP contribution >= 0.6 is 0 Å². The standard InChI is InChI=1S/C20H23NO3/c1-5-21(4,6-2)15-11-12-18(19(23)13-15)20(24)17-10-8-7-9-16(17)14(3)22/h7-13H,5-6H2,1-4H3/p+1. The van der Waals surface area contributed by atoms with Gasteiger partial charge in [-0.15, -0.1) is 0 Å². The van der Waals surface area contributed by atoms with Gasteiger partial charge in [-0.25, -0.2) is 0 Å². The van der Waals surface area contributed by atoms with Gasteiger partial charge in [-0.1, -0.05) is 24.3 Å². The van der Waals surface area contributed by atoms with Gasteiger partial charge in [0.05, 0.1) is 25.7 Å². The Hall–Kier alpha value is -2.46. The number of aromatic hydroxyl groups is 1. The molecule has 0 fully saturated rings. The first-order chi connectivity index (χ1) is 11.3. The van der Waals surface area contributed by atoms with E-state index >= 15 is 0 Å². The number of hydrogen-bond acceptors (Lipinski definition) is 3. The normalized spacial score (nSPS) is 11.3. The Kier molecular flexibility index (Phi) is 5.20. The van der Waals surface area contributed by atoms with E-state index in [0.29, 0.717) is 15.6 Å². The summed E-state index contributed by atoms with van der Waals surface area (Å²) in [6.07, 6.45) is 0. The van der Waals surface area contributed by atoms with Crippen molar-refractivity contribution >= 4 is 17.3 Å². The predicted octanol–water partition coefficient (Wildman–Crippen LogP) is 3.80. The molecule has 0 aromatic heterocycles. The highest BCUT2D eigenvalue weighted by atomic mass is 16.3. The molecule has 0 atom stereocenters. The van der Waals surface area contributed by atoms with E-state index in [-0.39, 0.29) is 22.9 Å². The Morgan fingerprint density at radius 2 is 1.54 bits per heavy atom. The van der Waals surface area contributed by atoms with Gasteiger partial charge in [-0.2, -0.15) is 0 Å². The summed E-state index contributed by atoms with van der Waals surface area (Å²) in [5, 5.41) is 10.4. The summed E-state index contributed by atoms with van der Waals surface area (Å²) in [5.74, 6) is -0.564. The molecule has 2 aromatic carbocycles. The molecule has 4 heteroatoms. The minimum Gasteiger partial charge on any atom is -0.507 e. The fourth-order valence-corrected chi connectivity index (χ4v) is 2.77. The third-order valence-corrected chi connectivity index (χ3v) is 4.80. The second-order valence-corrected chi connectivity index (χ2v) is 6.16. The molecular weight excluding hydrogens is 302 g/mol. The van der Waals surface area contributed by atoms with Gasteiger partial charge < -0.3 is 5.11 Å². The molecule has 0 aliphatic rings. The fraction of sp³-hybridized carbons (Fsp3) is 0.300. The van der Waals surface area contributed by atoms with Gasteiger partial charge in [0, 0.05) is 23.3 Å². The van der Waals surface area contributed by atoms with Crippen LogP contribution in [0.1, 0.15) is 47.1 Å². The topological polar surface area (TPSA) is 54.4 Å². The molecule has 0 unspecified atom stereocenters. The van der Waals surface area contributed by atoms with Crippen LogP contribution in [-0.4, -0.2) is 36.8 Å². The first kappa shape index (κ1) is 17.9. The van der Waals surface area contributed by atoms with Crippen LogP contribution in [0.4, 0.5) is 5.69 Å². The van der Waals surface area contributed by atoms with E-state index in [0.717, 1.165) is 18.8 Å². The van der Waals surface area contributed by atoms with E-state index in [9.17, 15) is 14.7 Å². The monoisotopic (exact) mass is 326 g/mol. The molecule has 24 heavy (non-hydrogen) atoms. The number of Topliss-reactive ketones (excluding diaryl/α,β-unsaturated/α-hetero) is 1. The Morgan fingerprint density at radius 1 is 0.958 bits per heavy atom. The molecule has 0 heterocycles.